The van der Waals surface area contributed by atoms with Gasteiger partial charge in [-0.2, -0.15) is 13.2 Å². The second-order valence-corrected chi connectivity index (χ2v) is 8.39. The van der Waals surface area contributed by atoms with Gasteiger partial charge >= 0.3 is 6.18 Å². The van der Waals surface area contributed by atoms with Crippen molar-refractivity contribution in [3.8, 4) is 17.2 Å². The number of carbonyl (C=O) groups is 1. The van der Waals surface area contributed by atoms with Crippen LogP contribution in [0, 0.1) is 13.8 Å². The predicted molar refractivity (Wildman–Crippen MR) is 129 cm³/mol. The van der Waals surface area contributed by atoms with Gasteiger partial charge in [-0.1, -0.05) is 29.8 Å². The van der Waals surface area contributed by atoms with Crippen molar-refractivity contribution < 1.29 is 31.9 Å². The highest BCUT2D eigenvalue weighted by Crippen LogP contribution is 2.39. The van der Waals surface area contributed by atoms with E-state index in [1.165, 1.54) is 24.3 Å². The number of fused-ring (bicyclic) bond motifs is 1. The van der Waals surface area contributed by atoms with E-state index < -0.39 is 35.6 Å². The Morgan fingerprint density at radius 3 is 2.36 bits per heavy atom. The summed E-state index contributed by atoms with van der Waals surface area (Å²) in [5.74, 6) is -2.98. The molecule has 0 saturated carbocycles. The molecule has 1 aromatic heterocycles. The predicted octanol–water partition coefficient (Wildman–Crippen LogP) is 6.89. The van der Waals surface area contributed by atoms with E-state index in [4.69, 9.17) is 25.5 Å². The van der Waals surface area contributed by atoms with Crippen LogP contribution in [0.1, 0.15) is 16.9 Å². The molecular formula is C26H19ClF3NO5. The number of ether oxygens (including phenoxy) is 2. The van der Waals surface area contributed by atoms with Gasteiger partial charge in [0.05, 0.1) is 16.1 Å². The van der Waals surface area contributed by atoms with Crippen LogP contribution in [-0.4, -0.2) is 12.5 Å². The van der Waals surface area contributed by atoms with E-state index in [9.17, 15) is 22.8 Å². The number of benzene rings is 3. The van der Waals surface area contributed by atoms with Gasteiger partial charge in [-0.15, -0.1) is 0 Å². The number of rotatable bonds is 6. The Labute approximate surface area is 208 Å². The minimum Gasteiger partial charge on any atom is -0.484 e. The maximum absolute atomic E-state index is 13.8. The molecule has 3 aromatic carbocycles. The first-order valence-corrected chi connectivity index (χ1v) is 11.0. The monoisotopic (exact) mass is 517 g/mol. The normalized spacial score (nSPS) is 11.4. The van der Waals surface area contributed by atoms with E-state index in [2.05, 4.69) is 5.32 Å². The standard InChI is InChI=1S/C26H19ClF3NO5/c1-14-9-15(2)11-17(10-14)35-24-23(33)18-8-7-16(12-21(18)36-25(24)26(28,29)30)34-13-22(32)31-20-6-4-3-5-19(20)27/h3-12H,13H2,1-2H3,(H,31,32). The number of carbonyl (C=O) groups excluding carboxylic acids is 1. The topological polar surface area (TPSA) is 77.8 Å². The fourth-order valence-corrected chi connectivity index (χ4v) is 3.72. The molecule has 1 heterocycles. The van der Waals surface area contributed by atoms with Gasteiger partial charge in [0.1, 0.15) is 17.1 Å². The number of hydrogen-bond donors (Lipinski definition) is 1. The summed E-state index contributed by atoms with van der Waals surface area (Å²) in [6.07, 6.45) is -5.01. The van der Waals surface area contributed by atoms with Gasteiger partial charge in [0.25, 0.3) is 11.7 Å². The van der Waals surface area contributed by atoms with Crippen molar-refractivity contribution in [2.45, 2.75) is 20.0 Å². The second kappa shape index (κ2) is 9.94. The summed E-state index contributed by atoms with van der Waals surface area (Å²) in [6, 6.07) is 15.1. The lowest BCUT2D eigenvalue weighted by Crippen LogP contribution is -2.20. The van der Waals surface area contributed by atoms with Gasteiger partial charge in [0.15, 0.2) is 6.61 Å². The van der Waals surface area contributed by atoms with E-state index in [0.29, 0.717) is 10.7 Å². The summed E-state index contributed by atoms with van der Waals surface area (Å²) in [7, 11) is 0. The Hall–Kier alpha value is -3.98. The number of anilines is 1. The fourth-order valence-electron chi connectivity index (χ4n) is 3.53. The number of hydrogen-bond acceptors (Lipinski definition) is 5. The lowest BCUT2D eigenvalue weighted by atomic mass is 10.1. The van der Waals surface area contributed by atoms with E-state index >= 15 is 0 Å². The third kappa shape index (κ3) is 5.63. The van der Waals surface area contributed by atoms with Crippen LogP contribution in [0.3, 0.4) is 0 Å². The second-order valence-electron chi connectivity index (χ2n) is 7.99. The average molecular weight is 518 g/mol. The van der Waals surface area contributed by atoms with Crippen molar-refractivity contribution >= 4 is 34.2 Å². The summed E-state index contributed by atoms with van der Waals surface area (Å²) >= 11 is 6.00. The Morgan fingerprint density at radius 2 is 1.69 bits per heavy atom. The number of nitrogens with one attached hydrogen (secondary N) is 1. The molecule has 0 aliphatic carbocycles. The van der Waals surface area contributed by atoms with Crippen molar-refractivity contribution in [1.29, 1.82) is 0 Å². The van der Waals surface area contributed by atoms with Gasteiger partial charge in [-0.25, -0.2) is 0 Å². The molecule has 10 heteroatoms. The molecule has 1 amide bonds. The molecule has 4 aromatic rings. The van der Waals surface area contributed by atoms with Gasteiger partial charge in [0.2, 0.25) is 11.2 Å². The van der Waals surface area contributed by atoms with Crippen LogP contribution in [-0.2, 0) is 11.0 Å². The van der Waals surface area contributed by atoms with Crippen molar-refractivity contribution in [1.82, 2.24) is 0 Å². The van der Waals surface area contributed by atoms with Crippen molar-refractivity contribution in [3.63, 3.8) is 0 Å². The van der Waals surface area contributed by atoms with E-state index in [1.807, 2.05) is 6.07 Å². The first kappa shape index (κ1) is 25.1. The highest BCUT2D eigenvalue weighted by Gasteiger charge is 2.40. The minimum absolute atomic E-state index is 0.0241. The Bertz CT molecular complexity index is 1490. The van der Waals surface area contributed by atoms with Crippen LogP contribution in [0.4, 0.5) is 18.9 Å². The first-order chi connectivity index (χ1) is 17.0. The van der Waals surface area contributed by atoms with Crippen LogP contribution in [0.2, 0.25) is 5.02 Å². The number of amides is 1. The van der Waals surface area contributed by atoms with E-state index in [-0.39, 0.29) is 22.5 Å². The number of alkyl halides is 3. The summed E-state index contributed by atoms with van der Waals surface area (Å²) in [5.41, 5.74) is 0.520. The molecule has 0 atom stereocenters. The SMILES string of the molecule is Cc1cc(C)cc(Oc2c(C(F)(F)F)oc3cc(OCC(=O)Nc4ccccc4Cl)ccc3c2=O)c1. The zero-order valence-corrected chi connectivity index (χ0v) is 19.8. The smallest absolute Gasteiger partial charge is 0.453 e. The minimum atomic E-state index is -5.01. The van der Waals surface area contributed by atoms with Gasteiger partial charge in [0, 0.05) is 6.07 Å². The van der Waals surface area contributed by atoms with Crippen LogP contribution in [0.15, 0.2) is 69.9 Å². The summed E-state index contributed by atoms with van der Waals surface area (Å²) in [6.45, 7) is 3.05. The number of para-hydroxylation sites is 1. The molecule has 4 rings (SSSR count). The third-order valence-corrected chi connectivity index (χ3v) is 5.34. The Balaban J connectivity index is 1.63. The lowest BCUT2D eigenvalue weighted by Gasteiger charge is -2.14. The van der Waals surface area contributed by atoms with Crippen molar-refractivity contribution in [2.75, 3.05) is 11.9 Å². The third-order valence-electron chi connectivity index (χ3n) is 5.01. The zero-order valence-electron chi connectivity index (χ0n) is 19.0. The zero-order chi connectivity index (χ0) is 26.0. The van der Waals surface area contributed by atoms with Crippen LogP contribution in [0.5, 0.6) is 17.2 Å². The molecule has 36 heavy (non-hydrogen) atoms. The van der Waals surface area contributed by atoms with Gasteiger partial charge in [-0.3, -0.25) is 9.59 Å². The molecule has 0 unspecified atom stereocenters. The molecule has 186 valence electrons. The molecule has 0 aliphatic rings. The fraction of sp³-hybridized carbons (Fsp3) is 0.154. The van der Waals surface area contributed by atoms with Crippen LogP contribution in [0.25, 0.3) is 11.0 Å². The summed E-state index contributed by atoms with van der Waals surface area (Å²) in [4.78, 5) is 25.2. The van der Waals surface area contributed by atoms with Crippen molar-refractivity contribution in [2.24, 2.45) is 0 Å². The molecule has 0 spiro atoms. The summed E-state index contributed by atoms with van der Waals surface area (Å²) < 4.78 is 57.3. The Kier molecular flexibility index (Phi) is 6.94. The largest absolute Gasteiger partial charge is 0.484 e. The molecule has 1 N–H and O–H groups in total. The molecule has 0 aliphatic heterocycles. The highest BCUT2D eigenvalue weighted by molar-refractivity contribution is 6.33. The lowest BCUT2D eigenvalue weighted by molar-refractivity contribution is -0.154. The maximum Gasteiger partial charge on any atom is 0.453 e. The molecule has 0 saturated heterocycles. The highest BCUT2D eigenvalue weighted by atomic mass is 35.5. The van der Waals surface area contributed by atoms with E-state index in [0.717, 1.165) is 17.2 Å². The molecular weight excluding hydrogens is 499 g/mol. The average Bonchev–Trinajstić information content (AvgIpc) is 2.79. The van der Waals surface area contributed by atoms with Crippen molar-refractivity contribution in [3.05, 3.63) is 92.8 Å². The van der Waals surface area contributed by atoms with Crippen LogP contribution < -0.4 is 20.2 Å². The first-order valence-electron chi connectivity index (χ1n) is 10.6. The molecule has 0 radical (unpaired) electrons. The maximum atomic E-state index is 13.8. The van der Waals surface area contributed by atoms with Gasteiger partial charge in [-0.05, 0) is 61.4 Å². The summed E-state index contributed by atoms with van der Waals surface area (Å²) in [5, 5.41) is 2.75. The Morgan fingerprint density at radius 1 is 1.00 bits per heavy atom. The number of aryl methyl sites for hydroxylation is 2. The van der Waals surface area contributed by atoms with Gasteiger partial charge < -0.3 is 19.2 Å². The molecule has 6 nitrogen and oxygen atoms in total. The quantitative estimate of drug-likeness (QED) is 0.301. The van der Waals surface area contributed by atoms with E-state index in [1.54, 1.807) is 38.1 Å². The molecule has 0 bridgehead atoms. The molecule has 0 fully saturated rings. The van der Waals surface area contributed by atoms with Crippen LogP contribution >= 0.6 is 11.6 Å². The number of halogens is 4.